The smallest absolute Gasteiger partial charge is 0.251 e. The number of aliphatic hydroxyl groups excluding tert-OH is 1. The van der Waals surface area contributed by atoms with Crippen molar-refractivity contribution in [1.82, 2.24) is 16.0 Å². The topological polar surface area (TPSA) is 115 Å². The maximum atomic E-state index is 12.3. The Morgan fingerprint density at radius 1 is 0.947 bits per heavy atom. The van der Waals surface area contributed by atoms with Crippen LogP contribution in [0.25, 0.3) is 0 Å². The number of guanidine groups is 1. The molecule has 2 amide bonds. The normalized spacial score (nSPS) is 21.1. The van der Waals surface area contributed by atoms with Gasteiger partial charge in [-0.15, -0.1) is 0 Å². The van der Waals surface area contributed by atoms with E-state index in [4.69, 9.17) is 0 Å². The zero-order chi connectivity index (χ0) is 27.4. The molecular weight excluding hydrogens is 478 g/mol. The summed E-state index contributed by atoms with van der Waals surface area (Å²) in [6, 6.07) is -1.02. The van der Waals surface area contributed by atoms with Crippen LogP contribution in [0.3, 0.4) is 0 Å². The summed E-state index contributed by atoms with van der Waals surface area (Å²) < 4.78 is 0. The van der Waals surface area contributed by atoms with Gasteiger partial charge in [0.1, 0.15) is 6.04 Å². The molecule has 0 saturated carbocycles. The van der Waals surface area contributed by atoms with E-state index in [-0.39, 0.29) is 30.2 Å². The van der Waals surface area contributed by atoms with Gasteiger partial charge < -0.3 is 5.11 Å². The van der Waals surface area contributed by atoms with Crippen molar-refractivity contribution in [3.63, 3.8) is 0 Å². The van der Waals surface area contributed by atoms with Gasteiger partial charge >= 0.3 is 0 Å². The Bertz CT molecular complexity index is 986. The summed E-state index contributed by atoms with van der Waals surface area (Å²) in [6.07, 6.45) is 31.7. The summed E-state index contributed by atoms with van der Waals surface area (Å²) in [7, 11) is 0. The molecule has 38 heavy (non-hydrogen) atoms. The number of amidine groups is 1. The van der Waals surface area contributed by atoms with Crippen LogP contribution in [0.5, 0.6) is 0 Å². The molecule has 0 bridgehead atoms. The Balaban J connectivity index is 1.54. The number of carbonyl (C=O) groups is 2. The average Bonchev–Trinajstić information content (AvgIpc) is 2.89. The van der Waals surface area contributed by atoms with Gasteiger partial charge in [-0.2, -0.15) is 4.99 Å². The summed E-state index contributed by atoms with van der Waals surface area (Å²) in [5, 5.41) is 17.9. The fraction of sp³-hybridized carbons (Fsp3) is 0.467. The fourth-order valence-electron chi connectivity index (χ4n) is 3.65. The third-order valence-electron chi connectivity index (χ3n) is 5.79. The molecule has 0 aromatic heterocycles. The molecule has 0 aromatic carbocycles. The standard InChI is InChI=1S/C30H43N5O3/c1-3-4-5-6-7-8-9-10-11-12-13-14-15-16-17-18-19-20-21-22-26(37)33-30-34-28-27(29(38)35-30)32-25(23-31-28)24(2)36/h4-5,7-8,10-11,13-14,16-17,19-20,24-25,27,32,36H,3,6,9,12,15,18,21-23H2,1-2H3,(H2,31,33,34,35,37,38)/b5-4-,8-7-,11-10-,14-13-,17-16-,20-19-. The maximum absolute atomic E-state index is 12.3. The summed E-state index contributed by atoms with van der Waals surface area (Å²) in [4.78, 5) is 33.1. The van der Waals surface area contributed by atoms with E-state index >= 15 is 0 Å². The van der Waals surface area contributed by atoms with Gasteiger partial charge in [0.15, 0.2) is 5.84 Å². The highest BCUT2D eigenvalue weighted by Gasteiger charge is 2.36. The van der Waals surface area contributed by atoms with Crippen molar-refractivity contribution < 1.29 is 14.7 Å². The van der Waals surface area contributed by atoms with E-state index in [2.05, 4.69) is 93.6 Å². The predicted octanol–water partition coefficient (Wildman–Crippen LogP) is 4.19. The highest BCUT2D eigenvalue weighted by atomic mass is 16.3. The van der Waals surface area contributed by atoms with E-state index in [1.54, 1.807) is 6.92 Å². The number of fused-ring (bicyclic) bond motifs is 1. The van der Waals surface area contributed by atoms with Gasteiger partial charge in [0, 0.05) is 6.42 Å². The van der Waals surface area contributed by atoms with Crippen LogP contribution in [-0.2, 0) is 9.59 Å². The molecule has 8 heteroatoms. The van der Waals surface area contributed by atoms with Crippen molar-refractivity contribution in [3.05, 3.63) is 72.9 Å². The largest absolute Gasteiger partial charge is 0.392 e. The molecule has 0 fully saturated rings. The molecule has 2 rings (SSSR count). The molecule has 0 aliphatic carbocycles. The van der Waals surface area contributed by atoms with Gasteiger partial charge in [0.05, 0.1) is 18.7 Å². The van der Waals surface area contributed by atoms with Crippen molar-refractivity contribution in [3.8, 4) is 0 Å². The molecule has 3 atom stereocenters. The molecule has 2 aliphatic rings. The van der Waals surface area contributed by atoms with Gasteiger partial charge in [-0.3, -0.25) is 30.5 Å². The Kier molecular flexibility index (Phi) is 15.3. The molecule has 0 aromatic rings. The number of hydrogen-bond acceptors (Lipinski definition) is 6. The number of hydrogen-bond donors (Lipinski definition) is 4. The number of nitrogens with zero attached hydrogens (tertiary/aromatic N) is 2. The number of amides is 2. The number of allylic oxidation sites excluding steroid dienone is 12. The highest BCUT2D eigenvalue weighted by Crippen LogP contribution is 2.09. The highest BCUT2D eigenvalue weighted by molar-refractivity contribution is 6.21. The maximum Gasteiger partial charge on any atom is 0.251 e. The summed E-state index contributed by atoms with van der Waals surface area (Å²) in [5.74, 6) is -0.169. The van der Waals surface area contributed by atoms with Crippen LogP contribution in [-0.4, -0.2) is 53.4 Å². The minimum Gasteiger partial charge on any atom is -0.392 e. The molecule has 0 radical (unpaired) electrons. The van der Waals surface area contributed by atoms with Crippen LogP contribution in [0.2, 0.25) is 0 Å². The van der Waals surface area contributed by atoms with Gasteiger partial charge in [0.25, 0.3) is 5.91 Å². The Morgan fingerprint density at radius 3 is 2.00 bits per heavy atom. The summed E-state index contributed by atoms with van der Waals surface area (Å²) in [6.45, 7) is 4.11. The number of rotatable bonds is 15. The first kappa shape index (κ1) is 30.9. The third kappa shape index (κ3) is 12.7. The number of aliphatic imine (C=N–C) groups is 2. The lowest BCUT2D eigenvalue weighted by Crippen LogP contribution is -2.63. The van der Waals surface area contributed by atoms with Crippen LogP contribution in [0, 0.1) is 0 Å². The second kappa shape index (κ2) is 18.8. The van der Waals surface area contributed by atoms with Gasteiger partial charge in [-0.1, -0.05) is 79.8 Å². The SMILES string of the molecule is CC/C=C\C/C=C\C/C=C\C/C=C\C/C=C\C/C=C\CCC(=O)NC1=NC2=NCC(C(C)O)NC2C(=O)N1. The predicted molar refractivity (Wildman–Crippen MR) is 156 cm³/mol. The van der Waals surface area contributed by atoms with Crippen molar-refractivity contribution in [2.75, 3.05) is 6.54 Å². The van der Waals surface area contributed by atoms with E-state index in [1.807, 2.05) is 12.2 Å². The number of aliphatic hydroxyl groups is 1. The molecule has 0 spiro atoms. The summed E-state index contributed by atoms with van der Waals surface area (Å²) in [5.41, 5.74) is 0. The first-order chi connectivity index (χ1) is 18.5. The third-order valence-corrected chi connectivity index (χ3v) is 5.79. The fourth-order valence-corrected chi connectivity index (χ4v) is 3.65. The monoisotopic (exact) mass is 521 g/mol. The quantitative estimate of drug-likeness (QED) is 0.242. The first-order valence-corrected chi connectivity index (χ1v) is 13.6. The van der Waals surface area contributed by atoms with Crippen molar-refractivity contribution in [2.45, 2.75) is 83.4 Å². The molecule has 2 heterocycles. The molecule has 3 unspecified atom stereocenters. The van der Waals surface area contributed by atoms with Crippen molar-refractivity contribution >= 4 is 23.6 Å². The zero-order valence-corrected chi connectivity index (χ0v) is 22.7. The minimum atomic E-state index is -0.720. The Labute approximate surface area is 227 Å². The van der Waals surface area contributed by atoms with Crippen molar-refractivity contribution in [2.24, 2.45) is 9.98 Å². The lowest BCUT2D eigenvalue weighted by Gasteiger charge is -2.32. The van der Waals surface area contributed by atoms with E-state index in [0.717, 1.165) is 38.5 Å². The van der Waals surface area contributed by atoms with Crippen LogP contribution in [0.1, 0.15) is 65.2 Å². The molecule has 8 nitrogen and oxygen atoms in total. The van der Waals surface area contributed by atoms with E-state index in [9.17, 15) is 14.7 Å². The number of nitrogens with one attached hydrogen (secondary N) is 3. The van der Waals surface area contributed by atoms with Crippen LogP contribution >= 0.6 is 0 Å². The average molecular weight is 522 g/mol. The van der Waals surface area contributed by atoms with Gasteiger partial charge in [0.2, 0.25) is 11.9 Å². The Hall–Kier alpha value is -3.36. The van der Waals surface area contributed by atoms with E-state index in [0.29, 0.717) is 18.8 Å². The number of carbonyl (C=O) groups excluding carboxylic acids is 2. The molecule has 4 N–H and O–H groups in total. The van der Waals surface area contributed by atoms with Crippen LogP contribution < -0.4 is 16.0 Å². The zero-order valence-electron chi connectivity index (χ0n) is 22.7. The lowest BCUT2D eigenvalue weighted by atomic mass is 10.1. The molecule has 206 valence electrons. The van der Waals surface area contributed by atoms with E-state index < -0.39 is 12.1 Å². The van der Waals surface area contributed by atoms with Crippen LogP contribution in [0.15, 0.2) is 82.9 Å². The first-order valence-electron chi connectivity index (χ1n) is 13.6. The van der Waals surface area contributed by atoms with Gasteiger partial charge in [-0.25, -0.2) is 0 Å². The minimum absolute atomic E-state index is 0.0926. The summed E-state index contributed by atoms with van der Waals surface area (Å²) >= 11 is 0. The van der Waals surface area contributed by atoms with Crippen molar-refractivity contribution in [1.29, 1.82) is 0 Å². The van der Waals surface area contributed by atoms with Gasteiger partial charge in [-0.05, 0) is 51.9 Å². The lowest BCUT2D eigenvalue weighted by molar-refractivity contribution is -0.121. The Morgan fingerprint density at radius 2 is 1.47 bits per heavy atom. The molecular formula is C30H43N5O3. The second-order valence-corrected chi connectivity index (χ2v) is 9.10. The second-order valence-electron chi connectivity index (χ2n) is 9.10. The molecule has 0 saturated heterocycles. The van der Waals surface area contributed by atoms with E-state index in [1.165, 1.54) is 0 Å². The van der Waals surface area contributed by atoms with Crippen LogP contribution in [0.4, 0.5) is 0 Å². The molecule has 2 aliphatic heterocycles.